The molecule has 0 aliphatic rings. The number of carbonyl (C=O) groups is 4. The Bertz CT molecular complexity index is 845. The van der Waals surface area contributed by atoms with Crippen molar-refractivity contribution >= 4 is 35.0 Å². The van der Waals surface area contributed by atoms with Crippen LogP contribution in [0, 0.1) is 0 Å². The fraction of sp³-hybridized carbons (Fsp3) is 0. The van der Waals surface area contributed by atoms with E-state index in [1.807, 2.05) is 0 Å². The van der Waals surface area contributed by atoms with Gasteiger partial charge in [-0.05, 0) is 23.3 Å². The molecule has 144 valence electrons. The van der Waals surface area contributed by atoms with Crippen molar-refractivity contribution in [1.29, 1.82) is 0 Å². The average Bonchev–Trinajstić information content (AvgIpc) is 2.69. The van der Waals surface area contributed by atoms with Gasteiger partial charge in [0.1, 0.15) is 11.9 Å². The largest absolute Gasteiger partial charge is 2.00 e. The van der Waals surface area contributed by atoms with Gasteiger partial charge in [-0.25, -0.2) is 0 Å². The van der Waals surface area contributed by atoms with E-state index in [-0.39, 0.29) is 50.1 Å². The molecule has 0 aromatic heterocycles. The minimum atomic E-state index is -1.88. The second kappa shape index (κ2) is 15.0. The molecule has 30 heavy (non-hydrogen) atoms. The topological polar surface area (TPSA) is 161 Å². The summed E-state index contributed by atoms with van der Waals surface area (Å²) >= 11 is 0. The second-order valence-corrected chi connectivity index (χ2v) is 5.05. The first-order valence-corrected chi connectivity index (χ1v) is 7.61. The fourth-order valence-corrected chi connectivity index (χ4v) is 1.73. The molecule has 0 aliphatic heterocycles. The maximum Gasteiger partial charge on any atom is 2.00 e. The first kappa shape index (κ1) is 29.2. The molecule has 10 heteroatoms. The summed E-state index contributed by atoms with van der Waals surface area (Å²) in [4.78, 5) is 41.2. The van der Waals surface area contributed by atoms with E-state index in [0.717, 1.165) is 0 Å². The van der Waals surface area contributed by atoms with Crippen molar-refractivity contribution in [2.24, 2.45) is 0 Å². The van der Waals surface area contributed by atoms with Gasteiger partial charge in [0.2, 0.25) is 11.6 Å². The molecule has 0 unspecified atom stereocenters. The molecule has 2 aromatic carbocycles. The Balaban J connectivity index is 0. The van der Waals surface area contributed by atoms with Gasteiger partial charge >= 0.3 is 39.0 Å². The fourth-order valence-electron chi connectivity index (χ4n) is 1.73. The van der Waals surface area contributed by atoms with Crippen molar-refractivity contribution in [3.05, 3.63) is 83.9 Å². The Morgan fingerprint density at radius 3 is 1.03 bits per heavy atom. The van der Waals surface area contributed by atoms with Crippen molar-refractivity contribution in [2.75, 3.05) is 0 Å². The molecule has 0 bridgehead atoms. The summed E-state index contributed by atoms with van der Waals surface area (Å²) in [5.74, 6) is -7.68. The molecule has 2 rings (SSSR count). The predicted molar refractivity (Wildman–Crippen MR) is 88.9 cm³/mol. The Kier molecular flexibility index (Phi) is 14.6. The number of hydrogen-bond donors (Lipinski definition) is 0. The standard InChI is InChI=1S/2C10H8O4.2Zn/c2*11-8(6-9(12)10(13)14)7-4-2-1-3-5-7;;/h2*1-6,11H,(H,13,14);;/q;;2*+2/p-4/b2*8-6-;;. The minimum Gasteiger partial charge on any atom is -0.872 e. The van der Waals surface area contributed by atoms with Crippen LogP contribution in [-0.4, -0.2) is 23.5 Å². The normalized spacial score (nSPS) is 10.3. The summed E-state index contributed by atoms with van der Waals surface area (Å²) in [6.07, 6.45) is 1.01. The van der Waals surface area contributed by atoms with Crippen molar-refractivity contribution in [1.82, 2.24) is 0 Å². The van der Waals surface area contributed by atoms with Gasteiger partial charge < -0.3 is 30.0 Å². The zero-order valence-corrected chi connectivity index (χ0v) is 21.5. The zero-order chi connectivity index (χ0) is 21.1. The summed E-state index contributed by atoms with van der Waals surface area (Å²) in [5, 5.41) is 42.4. The summed E-state index contributed by atoms with van der Waals surface area (Å²) in [6, 6.07) is 15.8. The average molecular weight is 511 g/mol. The van der Waals surface area contributed by atoms with Crippen molar-refractivity contribution in [3.8, 4) is 0 Å². The van der Waals surface area contributed by atoms with E-state index in [9.17, 15) is 39.6 Å². The Morgan fingerprint density at radius 2 is 0.800 bits per heavy atom. The van der Waals surface area contributed by atoms with Crippen LogP contribution in [0.4, 0.5) is 0 Å². The summed E-state index contributed by atoms with van der Waals surface area (Å²) < 4.78 is 0. The molecule has 0 fully saturated rings. The molecule has 0 spiro atoms. The predicted octanol–water partition coefficient (Wildman–Crippen LogP) is -2.59. The van der Waals surface area contributed by atoms with E-state index in [1.165, 1.54) is 24.3 Å². The van der Waals surface area contributed by atoms with E-state index in [4.69, 9.17) is 0 Å². The van der Waals surface area contributed by atoms with Crippen LogP contribution in [0.5, 0.6) is 0 Å². The number of benzene rings is 2. The van der Waals surface area contributed by atoms with Crippen molar-refractivity contribution in [3.63, 3.8) is 0 Å². The number of carboxylic acid groups (broad SMARTS) is 2. The van der Waals surface area contributed by atoms with E-state index in [1.54, 1.807) is 36.4 Å². The zero-order valence-electron chi connectivity index (χ0n) is 15.6. The molecular weight excluding hydrogens is 499 g/mol. The van der Waals surface area contributed by atoms with Crippen LogP contribution in [0.1, 0.15) is 11.1 Å². The van der Waals surface area contributed by atoms with Crippen LogP contribution in [-0.2, 0) is 58.1 Å². The summed E-state index contributed by atoms with van der Waals surface area (Å²) in [7, 11) is 0. The van der Waals surface area contributed by atoms with Gasteiger partial charge in [0.25, 0.3) is 0 Å². The van der Waals surface area contributed by atoms with Crippen LogP contribution >= 0.6 is 0 Å². The SMILES string of the molecule is O=C([O-])C(=O)/C=C(\[O-])c1ccccc1.O=C([O-])C(=O)/C=C(\[O-])c1ccccc1.[Zn+2].[Zn+2]. The van der Waals surface area contributed by atoms with Gasteiger partial charge in [0.15, 0.2) is 0 Å². The number of carboxylic acids is 2. The molecule has 0 radical (unpaired) electrons. The first-order valence-electron chi connectivity index (χ1n) is 7.61. The van der Waals surface area contributed by atoms with Gasteiger partial charge in [0, 0.05) is 0 Å². The van der Waals surface area contributed by atoms with Crippen LogP contribution < -0.4 is 20.4 Å². The number of carbonyl (C=O) groups excluding carboxylic acids is 4. The molecule has 0 saturated carbocycles. The molecule has 0 saturated heterocycles. The molecule has 0 aliphatic carbocycles. The molecule has 2 aromatic rings. The van der Waals surface area contributed by atoms with Crippen LogP contribution in [0.15, 0.2) is 72.8 Å². The van der Waals surface area contributed by atoms with Crippen LogP contribution in [0.2, 0.25) is 0 Å². The Labute approximate surface area is 197 Å². The number of hydrogen-bond acceptors (Lipinski definition) is 8. The maximum atomic E-state index is 11.2. The molecule has 0 amide bonds. The van der Waals surface area contributed by atoms with E-state index in [0.29, 0.717) is 12.2 Å². The van der Waals surface area contributed by atoms with Crippen LogP contribution in [0.3, 0.4) is 0 Å². The van der Waals surface area contributed by atoms with Gasteiger partial charge in [-0.15, -0.1) is 0 Å². The van der Waals surface area contributed by atoms with Gasteiger partial charge in [-0.2, -0.15) is 0 Å². The maximum absolute atomic E-state index is 11.2. The van der Waals surface area contributed by atoms with E-state index < -0.39 is 35.0 Å². The molecule has 8 nitrogen and oxygen atoms in total. The van der Waals surface area contributed by atoms with Gasteiger partial charge in [-0.1, -0.05) is 72.2 Å². The van der Waals surface area contributed by atoms with Gasteiger partial charge in [0.05, 0.1) is 0 Å². The third-order valence-electron chi connectivity index (χ3n) is 3.04. The number of ketones is 2. The van der Waals surface area contributed by atoms with Crippen LogP contribution in [0.25, 0.3) is 11.5 Å². The third-order valence-corrected chi connectivity index (χ3v) is 3.04. The smallest absolute Gasteiger partial charge is 0.872 e. The summed E-state index contributed by atoms with van der Waals surface area (Å²) in [5.41, 5.74) is 0.532. The second-order valence-electron chi connectivity index (χ2n) is 5.05. The Hall–Kier alpha value is -2.95. The molecule has 0 atom stereocenters. The first-order chi connectivity index (χ1) is 13.2. The Morgan fingerprint density at radius 1 is 0.533 bits per heavy atom. The van der Waals surface area contributed by atoms with Gasteiger partial charge in [-0.3, -0.25) is 9.59 Å². The van der Waals surface area contributed by atoms with Crippen molar-refractivity contribution < 1.29 is 78.6 Å². The molecule has 0 heterocycles. The van der Waals surface area contributed by atoms with E-state index >= 15 is 0 Å². The number of aliphatic carboxylic acids is 2. The quantitative estimate of drug-likeness (QED) is 0.177. The summed E-state index contributed by atoms with van der Waals surface area (Å²) in [6.45, 7) is 0. The third kappa shape index (κ3) is 10.6. The molecule has 0 N–H and O–H groups in total. The monoisotopic (exact) mass is 508 g/mol. The number of rotatable bonds is 6. The van der Waals surface area contributed by atoms with Crippen molar-refractivity contribution in [2.45, 2.75) is 0 Å². The molecular formula is C20H12O8Zn2. The van der Waals surface area contributed by atoms with E-state index in [2.05, 4.69) is 0 Å². The minimum absolute atomic E-state index is 0.